The summed E-state index contributed by atoms with van der Waals surface area (Å²) in [6.07, 6.45) is 16.4. The molecule has 1 aromatic carbocycles. The van der Waals surface area contributed by atoms with Crippen LogP contribution in [0.15, 0.2) is 88.2 Å². The molecule has 2 atom stereocenters. The topological polar surface area (TPSA) is 107 Å². The monoisotopic (exact) mass is 633 g/mol. The Morgan fingerprint density at radius 1 is 1.16 bits per heavy atom. The third kappa shape index (κ3) is 7.18. The van der Waals surface area contributed by atoms with Crippen molar-refractivity contribution in [2.45, 2.75) is 57.2 Å². The van der Waals surface area contributed by atoms with Crippen LogP contribution in [0.1, 0.15) is 39.0 Å². The second kappa shape index (κ2) is 13.5. The van der Waals surface area contributed by atoms with Crippen molar-refractivity contribution in [2.75, 3.05) is 45.2 Å². The number of piperazine rings is 1. The summed E-state index contributed by atoms with van der Waals surface area (Å²) in [6.45, 7) is 9.08. The Morgan fingerprint density at radius 2 is 1.89 bits per heavy atom. The van der Waals surface area contributed by atoms with Gasteiger partial charge in [-0.1, -0.05) is 74.1 Å². The summed E-state index contributed by atoms with van der Waals surface area (Å²) in [7, 11) is -2.52. The van der Waals surface area contributed by atoms with E-state index in [0.29, 0.717) is 50.4 Å². The first-order chi connectivity index (χ1) is 21.5. The van der Waals surface area contributed by atoms with Crippen LogP contribution in [0.4, 0.5) is 10.5 Å². The minimum absolute atomic E-state index is 0.0264. The predicted molar refractivity (Wildman–Crippen MR) is 182 cm³/mol. The zero-order chi connectivity index (χ0) is 32.2. The molecule has 3 fully saturated rings. The highest BCUT2D eigenvalue weighted by atomic mass is 32.2. The van der Waals surface area contributed by atoms with Crippen molar-refractivity contribution in [1.82, 2.24) is 19.7 Å². The molecule has 10 heteroatoms. The molecule has 1 spiro atoms. The number of hydrogen-bond acceptors (Lipinski definition) is 6. The van der Waals surface area contributed by atoms with Gasteiger partial charge in [-0.25, -0.2) is 9.00 Å². The lowest BCUT2D eigenvalue weighted by atomic mass is 9.66. The predicted octanol–water partition coefficient (Wildman–Crippen LogP) is 4.95. The average Bonchev–Trinajstić information content (AvgIpc) is 3.49. The molecule has 1 unspecified atom stereocenters. The summed E-state index contributed by atoms with van der Waals surface area (Å²) < 4.78 is 18.8. The van der Waals surface area contributed by atoms with E-state index in [-0.39, 0.29) is 24.2 Å². The van der Waals surface area contributed by atoms with E-state index < -0.39 is 20.7 Å². The van der Waals surface area contributed by atoms with Gasteiger partial charge in [0.05, 0.1) is 23.9 Å². The summed E-state index contributed by atoms with van der Waals surface area (Å²) >= 11 is 0. The van der Waals surface area contributed by atoms with E-state index >= 15 is 0 Å². The third-order valence-corrected chi connectivity index (χ3v) is 10.2. The highest BCUT2D eigenvalue weighted by Crippen LogP contribution is 2.52. The normalized spacial score (nSPS) is 23.7. The van der Waals surface area contributed by atoms with Crippen LogP contribution in [-0.4, -0.2) is 86.6 Å². The molecular weight excluding hydrogens is 586 g/mol. The van der Waals surface area contributed by atoms with Crippen LogP contribution < -0.4 is 10.9 Å². The van der Waals surface area contributed by atoms with Gasteiger partial charge in [-0.3, -0.25) is 4.79 Å². The van der Waals surface area contributed by atoms with Crippen LogP contribution in [0.3, 0.4) is 0 Å². The molecule has 0 radical (unpaired) electrons. The number of nitrogens with zero attached hydrogens (tertiary/aromatic N) is 4. The zero-order valence-electron chi connectivity index (χ0n) is 26.8. The average molecular weight is 634 g/mol. The lowest BCUT2D eigenvalue weighted by Crippen LogP contribution is -2.65. The maximum Gasteiger partial charge on any atom is 0.320 e. The number of piperidine rings is 1. The number of amides is 2. The number of benzene rings is 1. The molecule has 2 amide bonds. The summed E-state index contributed by atoms with van der Waals surface area (Å²) in [6, 6.07) is 10.8. The Labute approximate surface area is 267 Å². The second-order valence-corrected chi connectivity index (χ2v) is 15.6. The molecule has 2 aromatic rings. The molecule has 3 aliphatic rings. The smallest absolute Gasteiger partial charge is 0.320 e. The van der Waals surface area contributed by atoms with Crippen LogP contribution in [0.5, 0.6) is 0 Å². The minimum atomic E-state index is -2.52. The van der Waals surface area contributed by atoms with Crippen molar-refractivity contribution in [3.05, 3.63) is 89.4 Å². The maximum atomic E-state index is 14.1. The molecule has 9 nitrogen and oxygen atoms in total. The number of likely N-dealkylation sites (tertiary alicyclic amines) is 1. The van der Waals surface area contributed by atoms with Gasteiger partial charge >= 0.3 is 6.03 Å². The van der Waals surface area contributed by atoms with E-state index in [1.54, 1.807) is 18.7 Å². The molecule has 0 bridgehead atoms. The van der Waals surface area contributed by atoms with Crippen LogP contribution in [0, 0.1) is 5.41 Å². The Hall–Kier alpha value is -3.47. The minimum Gasteiger partial charge on any atom is -0.387 e. The van der Waals surface area contributed by atoms with Gasteiger partial charge in [0.15, 0.2) is 0 Å². The molecule has 2 saturated heterocycles. The van der Waals surface area contributed by atoms with Gasteiger partial charge in [0.1, 0.15) is 0 Å². The first-order valence-corrected chi connectivity index (χ1v) is 18.2. The number of pyridine rings is 1. The van der Waals surface area contributed by atoms with E-state index in [1.165, 1.54) is 10.6 Å². The van der Waals surface area contributed by atoms with E-state index in [9.17, 15) is 18.9 Å². The summed E-state index contributed by atoms with van der Waals surface area (Å²) in [5.41, 5.74) is 0.778. The van der Waals surface area contributed by atoms with Crippen molar-refractivity contribution in [2.24, 2.45) is 9.78 Å². The van der Waals surface area contributed by atoms with E-state index in [1.807, 2.05) is 71.4 Å². The first-order valence-electron chi connectivity index (χ1n) is 15.9. The summed E-state index contributed by atoms with van der Waals surface area (Å²) in [4.78, 5) is 31.5. The summed E-state index contributed by atoms with van der Waals surface area (Å²) in [5.74, 6) is 0. The number of allylic oxidation sites excluding steroid dienone is 3. The Kier molecular flexibility index (Phi) is 9.86. The van der Waals surface area contributed by atoms with Gasteiger partial charge in [-0.05, 0) is 37.3 Å². The van der Waals surface area contributed by atoms with Gasteiger partial charge in [0.25, 0.3) is 5.56 Å². The summed E-state index contributed by atoms with van der Waals surface area (Å²) in [5, 5.41) is 15.8. The van der Waals surface area contributed by atoms with Gasteiger partial charge in [-0.2, -0.15) is 4.36 Å². The number of carbonyl (C=O) groups excluding carboxylic acids is 1. The number of urea groups is 1. The van der Waals surface area contributed by atoms with Gasteiger partial charge < -0.3 is 24.8 Å². The lowest BCUT2D eigenvalue weighted by Gasteiger charge is -2.53. The van der Waals surface area contributed by atoms with Crippen LogP contribution >= 0.6 is 0 Å². The molecular formula is C35H47N5O4S. The maximum absolute atomic E-state index is 14.1. The Bertz CT molecular complexity index is 1640. The van der Waals surface area contributed by atoms with Crippen molar-refractivity contribution >= 4 is 21.4 Å². The fraction of sp³-hybridized carbons (Fsp3) is 0.486. The molecule has 1 aliphatic carbocycles. The first kappa shape index (κ1) is 32.9. The fourth-order valence-corrected chi connectivity index (χ4v) is 7.85. The van der Waals surface area contributed by atoms with Crippen molar-refractivity contribution < 1.29 is 14.1 Å². The van der Waals surface area contributed by atoms with Gasteiger partial charge in [0, 0.05) is 78.2 Å². The number of nitrogens with one attached hydrogen (secondary N) is 1. The van der Waals surface area contributed by atoms with Crippen molar-refractivity contribution in [3.8, 4) is 11.1 Å². The third-order valence-electron chi connectivity index (χ3n) is 9.58. The Balaban J connectivity index is 1.43. The quantitative estimate of drug-likeness (QED) is 0.420. The molecule has 1 saturated carbocycles. The number of aliphatic hydroxyl groups is 1. The second-order valence-electron chi connectivity index (χ2n) is 13.0. The molecule has 2 aliphatic heterocycles. The molecule has 5 rings (SSSR count). The fourth-order valence-electron chi connectivity index (χ4n) is 7.23. The largest absolute Gasteiger partial charge is 0.387 e. The van der Waals surface area contributed by atoms with E-state index in [2.05, 4.69) is 16.3 Å². The van der Waals surface area contributed by atoms with Crippen molar-refractivity contribution in [1.29, 1.82) is 0 Å². The molecule has 242 valence electrons. The van der Waals surface area contributed by atoms with Gasteiger partial charge in [-0.15, -0.1) is 0 Å². The highest BCUT2D eigenvalue weighted by Gasteiger charge is 2.56. The Morgan fingerprint density at radius 3 is 2.58 bits per heavy atom. The lowest BCUT2D eigenvalue weighted by molar-refractivity contribution is -0.136. The number of hydrogen-bond donors (Lipinski definition) is 2. The SMILES string of the molecule is C=C(/C=C\C=C/C)[C@@H]1CNCCN1C(=O)N1CCC(O)(Cn2cc(N=S(C)(C)=O)c(-c3ccccc3)cc2=O)C2(CCCC2)C1. The molecule has 2 N–H and O–H groups in total. The standard InChI is InChI=1S/C35H47N5O4S/c1-5-6-8-13-27(2)31-23-36-19-21-40(31)33(42)38-20-18-35(43,34(25-38)16-11-12-17-34)26-39-24-30(37-45(3,4)44)29(22-32(39)41)28-14-9-7-10-15-28/h5-10,13-15,22,24,31,36,43H,2,11-12,16-21,23,25-26H2,1,3-4H3/b6-5-,13-8-/t31-,35?/m0/s1. The van der Waals surface area contributed by atoms with E-state index in [4.69, 9.17) is 0 Å². The van der Waals surface area contributed by atoms with Crippen LogP contribution in [0.2, 0.25) is 0 Å². The number of aromatic nitrogens is 1. The van der Waals surface area contributed by atoms with Crippen molar-refractivity contribution in [3.63, 3.8) is 0 Å². The number of rotatable bonds is 7. The van der Waals surface area contributed by atoms with Gasteiger partial charge in [0.2, 0.25) is 0 Å². The number of carbonyl (C=O) groups is 1. The highest BCUT2D eigenvalue weighted by molar-refractivity contribution is 7.92. The molecule has 45 heavy (non-hydrogen) atoms. The molecule has 3 heterocycles. The van der Waals surface area contributed by atoms with Crippen LogP contribution in [0.25, 0.3) is 11.1 Å². The molecule has 1 aromatic heterocycles. The van der Waals surface area contributed by atoms with E-state index in [0.717, 1.165) is 36.8 Å². The van der Waals surface area contributed by atoms with Crippen LogP contribution in [-0.2, 0) is 16.3 Å². The zero-order valence-corrected chi connectivity index (χ0v) is 27.6.